The highest BCUT2D eigenvalue weighted by atomic mass is 19.1. The molecule has 10 heteroatoms. The van der Waals surface area contributed by atoms with Crippen LogP contribution in [0.4, 0.5) is 8.78 Å². The smallest absolute Gasteiger partial charge is 0.478 e. The van der Waals surface area contributed by atoms with Crippen molar-refractivity contribution in [2.24, 2.45) is 39.9 Å². The van der Waals surface area contributed by atoms with Crippen LogP contribution in [0.25, 0.3) is 0 Å². The molecular weight excluding hydrogens is 509 g/mol. The van der Waals surface area contributed by atoms with Crippen LogP contribution in [0.3, 0.4) is 0 Å². The molecule has 4 aliphatic rings. The molecule has 212 valence electrons. The van der Waals surface area contributed by atoms with Crippen LogP contribution in [0.1, 0.15) is 58.9 Å². The number of carbonyl (C=O) groups is 2. The van der Waals surface area contributed by atoms with Crippen molar-refractivity contribution in [3.05, 3.63) is 36.2 Å². The number of aliphatic carboxylic acids is 1. The van der Waals surface area contributed by atoms with Gasteiger partial charge in [-0.15, -0.1) is 6.58 Å². The maximum atomic E-state index is 15.4. The van der Waals surface area contributed by atoms with Crippen LogP contribution in [-0.2, 0) is 20.9 Å². The normalized spacial score (nSPS) is 42.3. The largest absolute Gasteiger partial charge is 0.491 e. The Hall–Kier alpha value is -2.30. The molecule has 3 N–H and O–H groups in total. The molecule has 1 aromatic rings. The van der Waals surface area contributed by atoms with Gasteiger partial charge in [-0.2, -0.15) is 0 Å². The van der Waals surface area contributed by atoms with E-state index in [1.54, 1.807) is 13.0 Å². The molecule has 3 aliphatic carbocycles. The third kappa shape index (κ3) is 3.92. The van der Waals surface area contributed by atoms with E-state index in [1.165, 1.54) is 6.07 Å². The highest BCUT2D eigenvalue weighted by molar-refractivity contribution is 6.61. The van der Waals surface area contributed by atoms with Crippen molar-refractivity contribution in [1.82, 2.24) is 0 Å². The highest BCUT2D eigenvalue weighted by Crippen LogP contribution is 2.69. The SMILES string of the molecule is C=C[C@]1(C)C[C@@H](C(Oc2cc3c(cc2F)COB3O)C(=O)O)[C@@]2(C)[C@H](C)CC[C@]3(C[C@H](F)C(=O)[C@H]32)[C@@H](C)[C@@H]1O. The molecule has 10 atom stereocenters. The number of ketones is 1. The van der Waals surface area contributed by atoms with Crippen molar-refractivity contribution < 1.29 is 43.0 Å². The van der Waals surface area contributed by atoms with Gasteiger partial charge in [-0.05, 0) is 71.5 Å². The first-order valence-corrected chi connectivity index (χ1v) is 13.7. The summed E-state index contributed by atoms with van der Waals surface area (Å²) >= 11 is 0. The lowest BCUT2D eigenvalue weighted by Crippen LogP contribution is -2.63. The average molecular weight is 546 g/mol. The van der Waals surface area contributed by atoms with Crippen LogP contribution in [0, 0.1) is 45.7 Å². The Balaban J connectivity index is 1.68. The third-order valence-electron chi connectivity index (χ3n) is 11.2. The number of aliphatic hydroxyl groups excluding tert-OH is 1. The zero-order valence-electron chi connectivity index (χ0n) is 22.8. The second-order valence-corrected chi connectivity index (χ2v) is 12.8. The van der Waals surface area contributed by atoms with E-state index in [-0.39, 0.29) is 36.6 Å². The Morgan fingerprint density at radius 2 is 2.00 bits per heavy atom. The fourth-order valence-corrected chi connectivity index (χ4v) is 8.62. The number of fused-ring (bicyclic) bond motifs is 1. The molecule has 5 rings (SSSR count). The maximum Gasteiger partial charge on any atom is 0.491 e. The zero-order chi connectivity index (χ0) is 28.7. The minimum atomic E-state index is -1.71. The van der Waals surface area contributed by atoms with Crippen molar-refractivity contribution in [3.8, 4) is 5.75 Å². The predicted molar refractivity (Wildman–Crippen MR) is 139 cm³/mol. The van der Waals surface area contributed by atoms with Crippen LogP contribution in [0.5, 0.6) is 5.75 Å². The van der Waals surface area contributed by atoms with Gasteiger partial charge in [0.1, 0.15) is 0 Å². The van der Waals surface area contributed by atoms with E-state index < -0.39 is 77.1 Å². The second-order valence-electron chi connectivity index (χ2n) is 12.8. The van der Waals surface area contributed by atoms with Gasteiger partial charge in [0.15, 0.2) is 29.6 Å². The lowest BCUT2D eigenvalue weighted by molar-refractivity contribution is -0.193. The molecule has 1 unspecified atom stereocenters. The summed E-state index contributed by atoms with van der Waals surface area (Å²) in [6.45, 7) is 11.4. The van der Waals surface area contributed by atoms with Crippen molar-refractivity contribution in [1.29, 1.82) is 0 Å². The van der Waals surface area contributed by atoms with Gasteiger partial charge in [-0.3, -0.25) is 4.79 Å². The van der Waals surface area contributed by atoms with Gasteiger partial charge in [0.25, 0.3) is 0 Å². The molecule has 1 heterocycles. The van der Waals surface area contributed by atoms with Gasteiger partial charge >= 0.3 is 13.1 Å². The van der Waals surface area contributed by atoms with Crippen molar-refractivity contribution in [3.63, 3.8) is 0 Å². The Kier molecular flexibility index (Phi) is 6.79. The number of carboxylic acids is 1. The Morgan fingerprint density at radius 1 is 1.31 bits per heavy atom. The van der Waals surface area contributed by atoms with E-state index in [2.05, 4.69) is 6.58 Å². The Bertz CT molecular complexity index is 1210. The number of ether oxygens (including phenoxy) is 1. The summed E-state index contributed by atoms with van der Waals surface area (Å²) in [6, 6.07) is 2.40. The van der Waals surface area contributed by atoms with E-state index in [9.17, 15) is 24.8 Å². The van der Waals surface area contributed by atoms with E-state index in [0.717, 1.165) is 6.07 Å². The first kappa shape index (κ1) is 28.2. The van der Waals surface area contributed by atoms with Crippen molar-refractivity contribution >= 4 is 24.3 Å². The summed E-state index contributed by atoms with van der Waals surface area (Å²) in [4.78, 5) is 26.5. The molecule has 1 aromatic carbocycles. The van der Waals surface area contributed by atoms with Gasteiger partial charge in [0.2, 0.25) is 0 Å². The summed E-state index contributed by atoms with van der Waals surface area (Å²) in [5.41, 5.74) is -2.16. The Labute approximate surface area is 227 Å². The highest BCUT2D eigenvalue weighted by Gasteiger charge is 2.71. The van der Waals surface area contributed by atoms with Crippen LogP contribution >= 0.6 is 0 Å². The van der Waals surface area contributed by atoms with Gasteiger partial charge in [-0.1, -0.05) is 33.8 Å². The van der Waals surface area contributed by atoms with Gasteiger partial charge in [0.05, 0.1) is 12.7 Å². The number of Topliss-reactive ketones (excluding diaryl/α,β-unsaturated/α-hetero) is 1. The standard InChI is InChI=1S/C29H37BF2O7/c1-6-27(4)11-17(23(26(35)36)39-21-10-18-16(9-19(21)31)13-38-30(18)37)28(5)14(2)7-8-29(15(3)25(27)34)12-20(32)22(33)24(28)29/h6,9-10,14-15,17,20,23-25,34,37H,1,7-8,11-13H2,2-5H3,(H,35,36)/t14-,15+,17+,20+,23?,24+,25+,27-,28-,29+/m1/s1. The van der Waals surface area contributed by atoms with Crippen LogP contribution in [-0.4, -0.2) is 52.5 Å². The fourth-order valence-electron chi connectivity index (χ4n) is 8.62. The third-order valence-corrected chi connectivity index (χ3v) is 11.2. The Morgan fingerprint density at radius 3 is 2.64 bits per heavy atom. The van der Waals surface area contributed by atoms with Crippen molar-refractivity contribution in [2.45, 2.75) is 78.4 Å². The molecule has 39 heavy (non-hydrogen) atoms. The van der Waals surface area contributed by atoms with E-state index in [4.69, 9.17) is 9.39 Å². The molecule has 7 nitrogen and oxygen atoms in total. The molecular formula is C29H37BF2O7. The van der Waals surface area contributed by atoms with Gasteiger partial charge in [-0.25, -0.2) is 13.6 Å². The maximum absolute atomic E-state index is 15.4. The number of hydrogen-bond acceptors (Lipinski definition) is 6. The molecule has 0 saturated heterocycles. The first-order valence-electron chi connectivity index (χ1n) is 13.7. The van der Waals surface area contributed by atoms with Crippen LogP contribution in [0.2, 0.25) is 0 Å². The zero-order valence-corrected chi connectivity index (χ0v) is 22.8. The number of benzene rings is 1. The molecule has 3 saturated carbocycles. The summed E-state index contributed by atoms with van der Waals surface area (Å²) in [5, 5.41) is 32.4. The van der Waals surface area contributed by atoms with Gasteiger partial charge < -0.3 is 24.6 Å². The monoisotopic (exact) mass is 546 g/mol. The molecule has 0 amide bonds. The lowest BCUT2D eigenvalue weighted by atomic mass is 9.41. The number of carbonyl (C=O) groups excluding carboxylic acids is 1. The van der Waals surface area contributed by atoms with E-state index in [1.807, 2.05) is 20.8 Å². The number of rotatable bonds is 5. The number of aliphatic hydroxyl groups is 1. The van der Waals surface area contributed by atoms with Gasteiger partial charge in [0, 0.05) is 17.3 Å². The lowest BCUT2D eigenvalue weighted by Gasteiger charge is -2.62. The summed E-state index contributed by atoms with van der Waals surface area (Å²) < 4.78 is 41.7. The second kappa shape index (κ2) is 9.38. The molecule has 0 spiro atoms. The van der Waals surface area contributed by atoms with Crippen molar-refractivity contribution in [2.75, 3.05) is 0 Å². The number of alkyl halides is 1. The molecule has 0 radical (unpaired) electrons. The first-order chi connectivity index (χ1) is 18.2. The minimum Gasteiger partial charge on any atom is -0.478 e. The average Bonchev–Trinajstić information content (AvgIpc) is 3.38. The quantitative estimate of drug-likeness (QED) is 0.383. The molecule has 3 fully saturated rings. The predicted octanol–water partition coefficient (Wildman–Crippen LogP) is 3.43. The topological polar surface area (TPSA) is 113 Å². The molecule has 1 aliphatic heterocycles. The summed E-state index contributed by atoms with van der Waals surface area (Å²) in [7, 11) is -1.29. The summed E-state index contributed by atoms with van der Waals surface area (Å²) in [5.74, 6) is -5.45. The number of hydrogen-bond donors (Lipinski definition) is 3. The van der Waals surface area contributed by atoms with E-state index in [0.29, 0.717) is 18.4 Å². The summed E-state index contributed by atoms with van der Waals surface area (Å²) in [6.07, 6.45) is -1.54. The molecule has 0 aromatic heterocycles. The molecule has 2 bridgehead atoms. The fraction of sp³-hybridized carbons (Fsp3) is 0.655. The van der Waals surface area contributed by atoms with E-state index >= 15 is 8.78 Å². The van der Waals surface area contributed by atoms with Crippen LogP contribution < -0.4 is 10.2 Å². The number of carboxylic acid groups (broad SMARTS) is 1. The van der Waals surface area contributed by atoms with Crippen LogP contribution in [0.15, 0.2) is 24.8 Å². The minimum absolute atomic E-state index is 0.0122. The number of halogens is 2.